The number of aliphatic imine (C=N–C) groups is 1. The molecule has 1 saturated carbocycles. The van der Waals surface area contributed by atoms with Crippen LogP contribution < -0.4 is 0 Å². The number of amides is 1. The van der Waals surface area contributed by atoms with Gasteiger partial charge in [0.2, 0.25) is 0 Å². The van der Waals surface area contributed by atoms with E-state index < -0.39 is 0 Å². The van der Waals surface area contributed by atoms with Crippen LogP contribution in [0.4, 0.5) is 0 Å². The summed E-state index contributed by atoms with van der Waals surface area (Å²) in [6.07, 6.45) is 3.36. The fraction of sp³-hybridized carbons (Fsp3) is 0.846. The molecule has 2 unspecified atom stereocenters. The van der Waals surface area contributed by atoms with Crippen LogP contribution in [0.15, 0.2) is 4.99 Å². The summed E-state index contributed by atoms with van der Waals surface area (Å²) in [6.45, 7) is 7.52. The smallest absolute Gasteiger partial charge is 0.252 e. The van der Waals surface area contributed by atoms with Crippen molar-refractivity contribution in [2.45, 2.75) is 45.3 Å². The standard InChI is InChI=1S/C13H22N2OS/c1-5-15(4)12-14-11(16)9-8-13(2,3)7-6-10(9)17-12/h9-10H,5-8H2,1-4H3. The molecule has 1 amide bonds. The van der Waals surface area contributed by atoms with Crippen molar-refractivity contribution in [3.05, 3.63) is 0 Å². The third kappa shape index (κ3) is 2.67. The molecule has 2 rings (SSSR count). The Morgan fingerprint density at radius 3 is 2.88 bits per heavy atom. The maximum atomic E-state index is 12.1. The van der Waals surface area contributed by atoms with Gasteiger partial charge in [-0.2, -0.15) is 4.99 Å². The summed E-state index contributed by atoms with van der Waals surface area (Å²) < 4.78 is 0. The summed E-state index contributed by atoms with van der Waals surface area (Å²) >= 11 is 1.81. The Kier molecular flexibility index (Phi) is 3.53. The Hall–Kier alpha value is -0.510. The van der Waals surface area contributed by atoms with Gasteiger partial charge in [0.25, 0.3) is 5.91 Å². The monoisotopic (exact) mass is 254 g/mol. The predicted octanol–water partition coefficient (Wildman–Crippen LogP) is 2.76. The van der Waals surface area contributed by atoms with Gasteiger partial charge in [-0.15, -0.1) is 0 Å². The van der Waals surface area contributed by atoms with E-state index in [4.69, 9.17) is 0 Å². The number of hydrogen-bond donors (Lipinski definition) is 0. The highest BCUT2D eigenvalue weighted by Gasteiger charge is 2.42. The Morgan fingerprint density at radius 2 is 2.24 bits per heavy atom. The van der Waals surface area contributed by atoms with Crippen molar-refractivity contribution in [1.29, 1.82) is 0 Å². The number of carbonyl (C=O) groups excluding carboxylic acids is 1. The first-order valence-corrected chi connectivity index (χ1v) is 7.31. The third-order valence-corrected chi connectivity index (χ3v) is 5.39. The first kappa shape index (κ1) is 12.9. The number of hydrogen-bond acceptors (Lipinski definition) is 3. The molecule has 2 aliphatic rings. The molecule has 0 saturated heterocycles. The molecule has 0 N–H and O–H groups in total. The van der Waals surface area contributed by atoms with Crippen LogP contribution in [-0.4, -0.2) is 34.8 Å². The second kappa shape index (κ2) is 4.63. The summed E-state index contributed by atoms with van der Waals surface area (Å²) in [5.41, 5.74) is 0.307. The molecule has 4 heteroatoms. The van der Waals surface area contributed by atoms with Gasteiger partial charge in [-0.3, -0.25) is 4.79 Å². The molecule has 3 nitrogen and oxygen atoms in total. The predicted molar refractivity (Wildman–Crippen MR) is 73.2 cm³/mol. The molecule has 96 valence electrons. The quantitative estimate of drug-likeness (QED) is 0.721. The van der Waals surface area contributed by atoms with Gasteiger partial charge in [-0.05, 0) is 31.6 Å². The molecule has 0 bridgehead atoms. The van der Waals surface area contributed by atoms with Crippen molar-refractivity contribution < 1.29 is 4.79 Å². The summed E-state index contributed by atoms with van der Waals surface area (Å²) in [7, 11) is 2.01. The first-order chi connectivity index (χ1) is 7.93. The Bertz CT molecular complexity index is 351. The van der Waals surface area contributed by atoms with Crippen LogP contribution in [0, 0.1) is 11.3 Å². The SMILES string of the molecule is CCN(C)C1=NC(=O)C2CC(C)(C)CCC2S1. The highest BCUT2D eigenvalue weighted by molar-refractivity contribution is 8.14. The summed E-state index contributed by atoms with van der Waals surface area (Å²) in [4.78, 5) is 18.5. The summed E-state index contributed by atoms with van der Waals surface area (Å²) in [5.74, 6) is 0.259. The molecule has 17 heavy (non-hydrogen) atoms. The van der Waals surface area contributed by atoms with E-state index in [2.05, 4.69) is 30.7 Å². The van der Waals surface area contributed by atoms with E-state index in [9.17, 15) is 4.79 Å². The molecule has 1 aliphatic heterocycles. The summed E-state index contributed by atoms with van der Waals surface area (Å²) in [5, 5.41) is 1.37. The van der Waals surface area contributed by atoms with E-state index in [-0.39, 0.29) is 11.8 Å². The fourth-order valence-electron chi connectivity index (χ4n) is 2.60. The van der Waals surface area contributed by atoms with Crippen LogP contribution in [0.2, 0.25) is 0 Å². The zero-order valence-corrected chi connectivity index (χ0v) is 12.0. The molecule has 2 atom stereocenters. The average Bonchev–Trinajstić information content (AvgIpc) is 2.28. The molecule has 0 spiro atoms. The number of rotatable bonds is 1. The number of amidine groups is 1. The zero-order valence-electron chi connectivity index (χ0n) is 11.2. The van der Waals surface area contributed by atoms with Crippen LogP contribution in [0.3, 0.4) is 0 Å². The highest BCUT2D eigenvalue weighted by Crippen LogP contribution is 2.46. The van der Waals surface area contributed by atoms with E-state index in [0.717, 1.165) is 24.6 Å². The van der Waals surface area contributed by atoms with Gasteiger partial charge in [0.05, 0.1) is 5.92 Å². The van der Waals surface area contributed by atoms with Crippen molar-refractivity contribution in [2.24, 2.45) is 16.3 Å². The lowest BCUT2D eigenvalue weighted by atomic mass is 9.71. The topological polar surface area (TPSA) is 32.7 Å². The van der Waals surface area contributed by atoms with E-state index in [1.807, 2.05) is 18.8 Å². The number of nitrogens with zero attached hydrogens (tertiary/aromatic N) is 2. The van der Waals surface area contributed by atoms with Crippen molar-refractivity contribution in [1.82, 2.24) is 4.90 Å². The van der Waals surface area contributed by atoms with Crippen LogP contribution in [0.25, 0.3) is 0 Å². The van der Waals surface area contributed by atoms with Crippen LogP contribution in [0.5, 0.6) is 0 Å². The zero-order chi connectivity index (χ0) is 12.6. The van der Waals surface area contributed by atoms with Gasteiger partial charge >= 0.3 is 0 Å². The van der Waals surface area contributed by atoms with Crippen LogP contribution >= 0.6 is 11.8 Å². The highest BCUT2D eigenvalue weighted by atomic mass is 32.2. The van der Waals surface area contributed by atoms with Gasteiger partial charge in [-0.1, -0.05) is 25.6 Å². The number of carbonyl (C=O) groups is 1. The maximum Gasteiger partial charge on any atom is 0.252 e. The van der Waals surface area contributed by atoms with Gasteiger partial charge < -0.3 is 4.90 Å². The molecule has 1 heterocycles. The molecule has 0 aromatic rings. The second-order valence-corrected chi connectivity index (χ2v) is 7.12. The van der Waals surface area contributed by atoms with Gasteiger partial charge in [0, 0.05) is 18.8 Å². The molecular weight excluding hydrogens is 232 g/mol. The van der Waals surface area contributed by atoms with Crippen molar-refractivity contribution in [3.8, 4) is 0 Å². The van der Waals surface area contributed by atoms with Crippen LogP contribution in [-0.2, 0) is 4.79 Å². The van der Waals surface area contributed by atoms with Gasteiger partial charge in [0.15, 0.2) is 5.17 Å². The third-order valence-electron chi connectivity index (χ3n) is 3.91. The van der Waals surface area contributed by atoms with Crippen LogP contribution in [0.1, 0.15) is 40.0 Å². The largest absolute Gasteiger partial charge is 0.354 e. The lowest BCUT2D eigenvalue weighted by Crippen LogP contribution is -2.42. The van der Waals surface area contributed by atoms with Crippen molar-refractivity contribution >= 4 is 22.8 Å². The minimum atomic E-state index is 0.108. The maximum absolute atomic E-state index is 12.1. The molecule has 0 aromatic carbocycles. The molecule has 0 aromatic heterocycles. The first-order valence-electron chi connectivity index (χ1n) is 6.43. The van der Waals surface area contributed by atoms with Crippen molar-refractivity contribution in [2.75, 3.05) is 13.6 Å². The Morgan fingerprint density at radius 1 is 1.53 bits per heavy atom. The average molecular weight is 254 g/mol. The molecular formula is C13H22N2OS. The van der Waals surface area contributed by atoms with Gasteiger partial charge in [-0.25, -0.2) is 0 Å². The van der Waals surface area contributed by atoms with E-state index in [1.165, 1.54) is 6.42 Å². The Balaban J connectivity index is 2.16. The number of thioether (sulfide) groups is 1. The minimum Gasteiger partial charge on any atom is -0.354 e. The minimum absolute atomic E-state index is 0.108. The molecule has 1 aliphatic carbocycles. The molecule has 1 fully saturated rings. The lowest BCUT2D eigenvalue weighted by Gasteiger charge is -2.41. The van der Waals surface area contributed by atoms with Gasteiger partial charge in [0.1, 0.15) is 0 Å². The Labute approximate surface area is 108 Å². The van der Waals surface area contributed by atoms with E-state index >= 15 is 0 Å². The lowest BCUT2D eigenvalue weighted by molar-refractivity contribution is -0.123. The second-order valence-electron chi connectivity index (χ2n) is 5.92. The van der Waals surface area contributed by atoms with E-state index in [1.54, 1.807) is 0 Å². The molecule has 0 radical (unpaired) electrons. The normalized spacial score (nSPS) is 31.8. The summed E-state index contributed by atoms with van der Waals surface area (Å²) in [6, 6.07) is 0. The fourth-order valence-corrected chi connectivity index (χ4v) is 3.94. The number of fused-ring (bicyclic) bond motifs is 1. The van der Waals surface area contributed by atoms with Crippen molar-refractivity contribution in [3.63, 3.8) is 0 Å². The van der Waals surface area contributed by atoms with E-state index in [0.29, 0.717) is 10.7 Å².